The maximum absolute atomic E-state index is 12.3. The number of methoxy groups -OCH3 is 2. The van der Waals surface area contributed by atoms with Gasteiger partial charge in [0.25, 0.3) is 0 Å². The Morgan fingerprint density at radius 2 is 1.77 bits per heavy atom. The van der Waals surface area contributed by atoms with Gasteiger partial charge in [0.15, 0.2) is 0 Å². The number of amides is 1. The summed E-state index contributed by atoms with van der Waals surface area (Å²) < 4.78 is 10.6. The molecule has 0 N–H and O–H groups in total. The van der Waals surface area contributed by atoms with Crippen molar-refractivity contribution in [1.29, 1.82) is 0 Å². The van der Waals surface area contributed by atoms with Gasteiger partial charge in [0.1, 0.15) is 16.9 Å². The van der Waals surface area contributed by atoms with Crippen LogP contribution in [0, 0.1) is 0 Å². The van der Waals surface area contributed by atoms with Crippen LogP contribution in [-0.4, -0.2) is 25.9 Å². The van der Waals surface area contributed by atoms with E-state index in [1.165, 1.54) is 0 Å². The third-order valence-electron chi connectivity index (χ3n) is 3.62. The Morgan fingerprint density at radius 1 is 1.05 bits per heavy atom. The molecule has 0 bridgehead atoms. The molecule has 0 radical (unpaired) electrons. The smallest absolute Gasteiger partial charge is 0.238 e. The van der Waals surface area contributed by atoms with Crippen LogP contribution in [0.2, 0.25) is 0 Å². The number of benzene rings is 2. The second-order valence-electron chi connectivity index (χ2n) is 4.87. The minimum absolute atomic E-state index is 0.0722. The van der Waals surface area contributed by atoms with Crippen molar-refractivity contribution in [3.63, 3.8) is 0 Å². The first-order valence-corrected chi connectivity index (χ1v) is 8.00. The number of hydrogen-bond acceptors (Lipinski definition) is 4. The summed E-state index contributed by atoms with van der Waals surface area (Å²) in [7, 11) is 3.28. The fraction of sp³-hybridized carbons (Fsp3) is 0.235. The van der Waals surface area contributed by atoms with E-state index in [0.717, 1.165) is 22.7 Å². The molecule has 2 aromatic carbocycles. The molecule has 5 heteroatoms. The van der Waals surface area contributed by atoms with E-state index in [4.69, 9.17) is 9.47 Å². The highest BCUT2D eigenvalue weighted by atomic mass is 32.2. The molecule has 1 atom stereocenters. The molecule has 2 aromatic rings. The van der Waals surface area contributed by atoms with Gasteiger partial charge in [-0.1, -0.05) is 18.2 Å². The molecule has 1 heterocycles. The van der Waals surface area contributed by atoms with Crippen molar-refractivity contribution in [3.8, 4) is 11.5 Å². The molecule has 3 rings (SSSR count). The third kappa shape index (κ3) is 2.64. The van der Waals surface area contributed by atoms with Crippen LogP contribution in [0.1, 0.15) is 10.9 Å². The number of rotatable bonds is 4. The number of nitrogens with zero attached hydrogens (tertiary/aromatic N) is 1. The lowest BCUT2D eigenvalue weighted by Gasteiger charge is -2.25. The maximum atomic E-state index is 12.3. The Kier molecular flexibility index (Phi) is 4.24. The molecule has 22 heavy (non-hydrogen) atoms. The van der Waals surface area contributed by atoms with Crippen molar-refractivity contribution < 1.29 is 14.3 Å². The van der Waals surface area contributed by atoms with E-state index in [2.05, 4.69) is 0 Å². The van der Waals surface area contributed by atoms with E-state index < -0.39 is 0 Å². The highest BCUT2D eigenvalue weighted by molar-refractivity contribution is 8.00. The molecule has 1 saturated heterocycles. The molecule has 1 aliphatic heterocycles. The Labute approximate surface area is 134 Å². The first-order valence-electron chi connectivity index (χ1n) is 6.95. The van der Waals surface area contributed by atoms with Gasteiger partial charge in [-0.3, -0.25) is 9.69 Å². The van der Waals surface area contributed by atoms with Crippen molar-refractivity contribution in [3.05, 3.63) is 54.1 Å². The zero-order valence-electron chi connectivity index (χ0n) is 12.5. The van der Waals surface area contributed by atoms with E-state index in [0.29, 0.717) is 5.75 Å². The van der Waals surface area contributed by atoms with Crippen LogP contribution in [0.25, 0.3) is 0 Å². The number of anilines is 1. The Hall–Kier alpha value is -2.14. The van der Waals surface area contributed by atoms with Crippen LogP contribution in [-0.2, 0) is 4.79 Å². The van der Waals surface area contributed by atoms with Gasteiger partial charge in [0, 0.05) is 11.3 Å². The molecule has 1 aliphatic rings. The molecule has 0 saturated carbocycles. The van der Waals surface area contributed by atoms with E-state index in [9.17, 15) is 4.79 Å². The minimum Gasteiger partial charge on any atom is -0.497 e. The number of para-hydroxylation sites is 1. The van der Waals surface area contributed by atoms with Crippen LogP contribution in [0.5, 0.6) is 11.5 Å². The lowest BCUT2D eigenvalue weighted by Crippen LogP contribution is -2.27. The second kappa shape index (κ2) is 6.32. The molecule has 1 amide bonds. The predicted molar refractivity (Wildman–Crippen MR) is 88.7 cm³/mol. The van der Waals surface area contributed by atoms with E-state index in [-0.39, 0.29) is 11.3 Å². The minimum atomic E-state index is -0.0722. The van der Waals surface area contributed by atoms with Gasteiger partial charge >= 0.3 is 0 Å². The average molecular weight is 315 g/mol. The molecule has 4 nitrogen and oxygen atoms in total. The third-order valence-corrected chi connectivity index (χ3v) is 4.82. The van der Waals surface area contributed by atoms with Crippen molar-refractivity contribution in [2.24, 2.45) is 0 Å². The predicted octanol–water partition coefficient (Wildman–Crippen LogP) is 3.48. The first-order chi connectivity index (χ1) is 10.7. The summed E-state index contributed by atoms with van der Waals surface area (Å²) in [4.78, 5) is 14.2. The normalized spacial score (nSPS) is 17.6. The average Bonchev–Trinajstić information content (AvgIpc) is 2.96. The van der Waals surface area contributed by atoms with E-state index in [1.54, 1.807) is 26.0 Å². The zero-order valence-corrected chi connectivity index (χ0v) is 13.3. The summed E-state index contributed by atoms with van der Waals surface area (Å²) in [6, 6.07) is 15.4. The van der Waals surface area contributed by atoms with Gasteiger partial charge in [0.2, 0.25) is 5.91 Å². The summed E-state index contributed by atoms with van der Waals surface area (Å²) in [5, 5.41) is -0.0722. The largest absolute Gasteiger partial charge is 0.497 e. The quantitative estimate of drug-likeness (QED) is 0.866. The van der Waals surface area contributed by atoms with Gasteiger partial charge in [-0.05, 0) is 30.3 Å². The van der Waals surface area contributed by atoms with E-state index >= 15 is 0 Å². The van der Waals surface area contributed by atoms with Gasteiger partial charge in [-0.2, -0.15) is 0 Å². The Morgan fingerprint density at radius 3 is 2.45 bits per heavy atom. The summed E-state index contributed by atoms with van der Waals surface area (Å²) in [5.74, 6) is 2.14. The van der Waals surface area contributed by atoms with Crippen molar-refractivity contribution in [2.75, 3.05) is 24.9 Å². The number of thioether (sulfide) groups is 1. The van der Waals surface area contributed by atoms with Gasteiger partial charge in [0.05, 0.1) is 20.0 Å². The molecule has 1 fully saturated rings. The van der Waals surface area contributed by atoms with Crippen LogP contribution in [0.3, 0.4) is 0 Å². The fourth-order valence-corrected chi connectivity index (χ4v) is 3.75. The fourth-order valence-electron chi connectivity index (χ4n) is 2.55. The van der Waals surface area contributed by atoms with Gasteiger partial charge in [-0.25, -0.2) is 0 Å². The lowest BCUT2D eigenvalue weighted by molar-refractivity contribution is -0.115. The molecule has 0 unspecified atom stereocenters. The molecule has 0 aromatic heterocycles. The number of ether oxygens (including phenoxy) is 2. The SMILES string of the molecule is COc1ccc(N2C(=O)CS[C@H]2c2ccccc2OC)cc1. The standard InChI is InChI=1S/C17H17NO3S/c1-20-13-9-7-12(8-10-13)18-16(19)11-22-17(18)14-5-3-4-6-15(14)21-2/h3-10,17H,11H2,1-2H3/t17-/m0/s1. The first kappa shape index (κ1) is 14.8. The highest BCUT2D eigenvalue weighted by Crippen LogP contribution is 2.44. The van der Waals surface area contributed by atoms with E-state index in [1.807, 2.05) is 53.4 Å². The number of carbonyl (C=O) groups excluding carboxylic acids is 1. The second-order valence-corrected chi connectivity index (χ2v) is 5.94. The van der Waals surface area contributed by atoms with Gasteiger partial charge in [-0.15, -0.1) is 11.8 Å². The number of carbonyl (C=O) groups is 1. The molecule has 0 aliphatic carbocycles. The Balaban J connectivity index is 1.98. The van der Waals surface area contributed by atoms with Crippen molar-refractivity contribution in [2.45, 2.75) is 5.37 Å². The summed E-state index contributed by atoms with van der Waals surface area (Å²) in [5.41, 5.74) is 1.88. The summed E-state index contributed by atoms with van der Waals surface area (Å²) in [6.45, 7) is 0. The lowest BCUT2D eigenvalue weighted by atomic mass is 10.1. The zero-order chi connectivity index (χ0) is 15.5. The summed E-state index contributed by atoms with van der Waals surface area (Å²) >= 11 is 1.61. The van der Waals surface area contributed by atoms with Crippen LogP contribution < -0.4 is 14.4 Å². The van der Waals surface area contributed by atoms with Gasteiger partial charge < -0.3 is 9.47 Å². The molecular formula is C17H17NO3S. The topological polar surface area (TPSA) is 38.8 Å². The van der Waals surface area contributed by atoms with Crippen LogP contribution in [0.4, 0.5) is 5.69 Å². The van der Waals surface area contributed by atoms with Crippen molar-refractivity contribution in [1.82, 2.24) is 0 Å². The summed E-state index contributed by atoms with van der Waals surface area (Å²) in [6.07, 6.45) is 0. The molecular weight excluding hydrogens is 298 g/mol. The van der Waals surface area contributed by atoms with Crippen LogP contribution in [0.15, 0.2) is 48.5 Å². The van der Waals surface area contributed by atoms with Crippen molar-refractivity contribution >= 4 is 23.4 Å². The molecule has 114 valence electrons. The monoisotopic (exact) mass is 315 g/mol. The highest BCUT2D eigenvalue weighted by Gasteiger charge is 2.35. The van der Waals surface area contributed by atoms with Crippen LogP contribution >= 0.6 is 11.8 Å². The maximum Gasteiger partial charge on any atom is 0.238 e. The Bertz CT molecular complexity index is 672. The molecule has 0 spiro atoms. The number of hydrogen-bond donors (Lipinski definition) is 0.